The molecule has 0 bridgehead atoms. The summed E-state index contributed by atoms with van der Waals surface area (Å²) < 4.78 is 0. The molecule has 0 spiro atoms. The lowest BCUT2D eigenvalue weighted by atomic mass is 9.80. The number of rotatable bonds is 11. The number of nitrogens with zero attached hydrogens (tertiary/aromatic N) is 2. The summed E-state index contributed by atoms with van der Waals surface area (Å²) in [6.45, 7) is 17.4. The highest BCUT2D eigenvalue weighted by molar-refractivity contribution is 6.37. The maximum atomic E-state index is 14.2. The molecule has 2 aliphatic heterocycles. The van der Waals surface area contributed by atoms with Crippen LogP contribution in [0.4, 0.5) is 4.79 Å². The number of likely N-dealkylation sites (tertiary alicyclic amines) is 1. The molecule has 13 heteroatoms. The van der Waals surface area contributed by atoms with Crippen molar-refractivity contribution < 1.29 is 33.6 Å². The topological polar surface area (TPSA) is 188 Å². The monoisotopic (exact) mass is 710 g/mol. The fraction of sp³-hybridized carbons (Fsp3) is 0.658. The predicted molar refractivity (Wildman–Crippen MR) is 193 cm³/mol. The Balaban J connectivity index is 0.00000226. The average Bonchev–Trinajstić information content (AvgIpc) is 3.52. The highest BCUT2D eigenvalue weighted by atomic mass is 16.2. The van der Waals surface area contributed by atoms with Crippen molar-refractivity contribution in [2.75, 3.05) is 13.1 Å². The Morgan fingerprint density at radius 1 is 0.882 bits per heavy atom. The quantitative estimate of drug-likeness (QED) is 0.199. The number of imide groups is 1. The zero-order valence-electron chi connectivity index (χ0n) is 31.8. The van der Waals surface area contributed by atoms with E-state index in [0.29, 0.717) is 24.0 Å². The van der Waals surface area contributed by atoms with Gasteiger partial charge in [0.25, 0.3) is 17.7 Å². The van der Waals surface area contributed by atoms with Crippen LogP contribution in [-0.4, -0.2) is 88.4 Å². The molecule has 4 rings (SSSR count). The second-order valence-electron chi connectivity index (χ2n) is 16.5. The summed E-state index contributed by atoms with van der Waals surface area (Å²) in [6, 6.07) is 2.19. The van der Waals surface area contributed by atoms with Crippen molar-refractivity contribution in [3.63, 3.8) is 0 Å². The summed E-state index contributed by atoms with van der Waals surface area (Å²) in [5, 5.41) is 8.42. The molecule has 51 heavy (non-hydrogen) atoms. The van der Waals surface area contributed by atoms with E-state index in [1.54, 1.807) is 45.0 Å². The summed E-state index contributed by atoms with van der Waals surface area (Å²) in [7, 11) is 0. The number of hydrogen-bond acceptors (Lipinski definition) is 7. The lowest BCUT2D eigenvalue weighted by Gasteiger charge is -2.38. The molecule has 2 fully saturated rings. The molecule has 5 unspecified atom stereocenters. The molecule has 282 valence electrons. The van der Waals surface area contributed by atoms with Gasteiger partial charge in [0.05, 0.1) is 29.8 Å². The maximum Gasteiger partial charge on any atom is 0.315 e. The fourth-order valence-electron chi connectivity index (χ4n) is 6.54. The Hall–Kier alpha value is -4.29. The second-order valence-corrected chi connectivity index (χ2v) is 16.5. The minimum absolute atomic E-state index is 0.0407. The van der Waals surface area contributed by atoms with E-state index in [4.69, 9.17) is 5.73 Å². The molecular formula is C38H58N6O7. The number of carbonyl (C=O) groups excluding carboxylic acids is 7. The van der Waals surface area contributed by atoms with Gasteiger partial charge in [0, 0.05) is 6.54 Å². The minimum atomic E-state index is -1.12. The number of carbonyl (C=O) groups is 7. The van der Waals surface area contributed by atoms with Gasteiger partial charge in [0.15, 0.2) is 0 Å². The molecule has 1 aromatic carbocycles. The van der Waals surface area contributed by atoms with Crippen LogP contribution >= 0.6 is 0 Å². The molecule has 1 saturated heterocycles. The van der Waals surface area contributed by atoms with Gasteiger partial charge in [-0.05, 0) is 47.6 Å². The summed E-state index contributed by atoms with van der Waals surface area (Å²) in [4.78, 5) is 94.5. The van der Waals surface area contributed by atoms with Gasteiger partial charge in [-0.1, -0.05) is 100 Å². The molecular weight excluding hydrogens is 652 g/mol. The number of fused-ring (bicyclic) bond motifs is 1. The van der Waals surface area contributed by atoms with Crippen molar-refractivity contribution in [2.45, 2.75) is 125 Å². The molecule has 1 saturated carbocycles. The number of primary amides is 1. The zero-order chi connectivity index (χ0) is 38.4. The Morgan fingerprint density at radius 3 is 1.88 bits per heavy atom. The van der Waals surface area contributed by atoms with E-state index in [1.807, 2.05) is 27.7 Å². The Morgan fingerprint density at radius 2 is 1.43 bits per heavy atom. The number of benzene rings is 1. The smallest absolute Gasteiger partial charge is 0.315 e. The van der Waals surface area contributed by atoms with E-state index in [2.05, 4.69) is 29.8 Å². The van der Waals surface area contributed by atoms with Crippen molar-refractivity contribution in [1.82, 2.24) is 25.8 Å². The van der Waals surface area contributed by atoms with Gasteiger partial charge in [-0.15, -0.1) is 0 Å². The van der Waals surface area contributed by atoms with Crippen LogP contribution in [-0.2, 0) is 19.2 Å². The SMILES string of the molecule is CC1CC(C(=O)NC(CC2CCC2)C(=O)C(N)=O)N(C(=O)C(NC(=O)NC(CN2C(=O)c3ccccc3C2=O)C(C)(C)C)C(C)(C)C)C1.CCC. The molecule has 3 aliphatic rings. The summed E-state index contributed by atoms with van der Waals surface area (Å²) in [6.07, 6.45) is 4.73. The number of amides is 7. The first-order chi connectivity index (χ1) is 23.7. The molecule has 5 atom stereocenters. The lowest BCUT2D eigenvalue weighted by molar-refractivity contribution is -0.143. The third kappa shape index (κ3) is 10.2. The van der Waals surface area contributed by atoms with Crippen molar-refractivity contribution >= 4 is 41.4 Å². The minimum Gasteiger partial charge on any atom is -0.363 e. The summed E-state index contributed by atoms with van der Waals surface area (Å²) in [5.74, 6) is -3.69. The zero-order valence-corrected chi connectivity index (χ0v) is 31.8. The van der Waals surface area contributed by atoms with Gasteiger partial charge in [-0.3, -0.25) is 33.7 Å². The maximum absolute atomic E-state index is 14.2. The predicted octanol–water partition coefficient (Wildman–Crippen LogP) is 3.79. The highest BCUT2D eigenvalue weighted by Gasteiger charge is 2.46. The lowest BCUT2D eigenvalue weighted by Crippen LogP contribution is -2.62. The summed E-state index contributed by atoms with van der Waals surface area (Å²) in [5.41, 5.74) is 4.54. The molecule has 2 heterocycles. The number of nitrogens with one attached hydrogen (secondary N) is 3. The molecule has 13 nitrogen and oxygen atoms in total. The fourth-order valence-corrected chi connectivity index (χ4v) is 6.54. The highest BCUT2D eigenvalue weighted by Crippen LogP contribution is 2.32. The molecule has 0 radical (unpaired) electrons. The van der Waals surface area contributed by atoms with Crippen LogP contribution in [0.5, 0.6) is 0 Å². The van der Waals surface area contributed by atoms with Crippen LogP contribution in [0.15, 0.2) is 24.3 Å². The van der Waals surface area contributed by atoms with Gasteiger partial charge in [0.1, 0.15) is 12.1 Å². The van der Waals surface area contributed by atoms with Crippen LogP contribution in [0, 0.1) is 22.7 Å². The molecule has 5 N–H and O–H groups in total. The second kappa shape index (κ2) is 16.8. The molecule has 1 aliphatic carbocycles. The van der Waals surface area contributed by atoms with Crippen molar-refractivity contribution in [1.29, 1.82) is 0 Å². The van der Waals surface area contributed by atoms with E-state index in [9.17, 15) is 33.6 Å². The van der Waals surface area contributed by atoms with E-state index < -0.39 is 76.3 Å². The first-order valence-electron chi connectivity index (χ1n) is 18.2. The number of hydrogen-bond donors (Lipinski definition) is 4. The van der Waals surface area contributed by atoms with Crippen LogP contribution in [0.2, 0.25) is 0 Å². The number of Topliss-reactive ketones (excluding diaryl/α,β-unsaturated/α-hetero) is 1. The first kappa shape index (κ1) is 41.1. The largest absolute Gasteiger partial charge is 0.363 e. The number of ketones is 1. The Kier molecular flexibility index (Phi) is 13.6. The van der Waals surface area contributed by atoms with Crippen LogP contribution in [0.3, 0.4) is 0 Å². The standard InChI is InChI=1S/C35H50N6O7.C3H8/c1-19-15-24(29(44)37-23(26(42)28(36)43)16-20-11-10-12-20)40(17-19)32(47)27(35(5,6)7)39-33(48)38-25(34(2,3)4)18-41-30(45)21-13-8-9-14-22(21)31(41)46;1-3-2/h8-9,13-14,19-20,23-25,27H,10-12,15-18H2,1-7H3,(H2,36,43)(H,37,44)(H2,38,39,48);3H2,1-2H3. The van der Waals surface area contributed by atoms with Crippen molar-refractivity contribution in [2.24, 2.45) is 28.4 Å². The third-order valence-electron chi connectivity index (χ3n) is 9.75. The first-order valence-corrected chi connectivity index (χ1v) is 18.2. The van der Waals surface area contributed by atoms with Gasteiger partial charge in [-0.2, -0.15) is 0 Å². The third-order valence-corrected chi connectivity index (χ3v) is 9.75. The van der Waals surface area contributed by atoms with E-state index in [0.717, 1.165) is 24.2 Å². The molecule has 0 aromatic heterocycles. The van der Waals surface area contributed by atoms with E-state index in [1.165, 1.54) is 11.3 Å². The normalized spacial score (nSPS) is 20.6. The average molecular weight is 711 g/mol. The molecule has 1 aromatic rings. The van der Waals surface area contributed by atoms with Crippen molar-refractivity contribution in [3.05, 3.63) is 35.4 Å². The van der Waals surface area contributed by atoms with Gasteiger partial charge < -0.3 is 26.6 Å². The number of urea groups is 1. The van der Waals surface area contributed by atoms with Gasteiger partial charge in [-0.25, -0.2) is 4.79 Å². The summed E-state index contributed by atoms with van der Waals surface area (Å²) >= 11 is 0. The van der Waals surface area contributed by atoms with Gasteiger partial charge in [0.2, 0.25) is 17.6 Å². The van der Waals surface area contributed by atoms with Gasteiger partial charge >= 0.3 is 6.03 Å². The van der Waals surface area contributed by atoms with E-state index in [-0.39, 0.29) is 24.9 Å². The molecule has 7 amide bonds. The van der Waals surface area contributed by atoms with Crippen LogP contribution in [0.1, 0.15) is 122 Å². The number of nitrogens with two attached hydrogens (primary N) is 1. The van der Waals surface area contributed by atoms with Crippen LogP contribution < -0.4 is 21.7 Å². The van der Waals surface area contributed by atoms with Crippen LogP contribution in [0.25, 0.3) is 0 Å². The Labute approximate surface area is 302 Å². The van der Waals surface area contributed by atoms with E-state index >= 15 is 0 Å². The van der Waals surface area contributed by atoms with Crippen molar-refractivity contribution in [3.8, 4) is 0 Å². The Bertz CT molecular complexity index is 1460.